The van der Waals surface area contributed by atoms with Gasteiger partial charge in [0.1, 0.15) is 0 Å². The number of aliphatic carboxylic acids is 1. The van der Waals surface area contributed by atoms with Crippen LogP contribution in [0.2, 0.25) is 0 Å². The van der Waals surface area contributed by atoms with Crippen LogP contribution in [-0.2, 0) is 22.2 Å². The molecule has 1 saturated heterocycles. The molecule has 120 valence electrons. The molecule has 0 aromatic heterocycles. The van der Waals surface area contributed by atoms with Gasteiger partial charge in [0.25, 0.3) is 0 Å². The topological polar surface area (TPSA) is 57.6 Å². The minimum Gasteiger partial charge on any atom is -0.481 e. The van der Waals surface area contributed by atoms with Crippen LogP contribution in [0.1, 0.15) is 30.4 Å². The number of likely N-dealkylation sites (tertiary alicyclic amines) is 1. The molecule has 1 atom stereocenters. The number of benzene rings is 1. The molecule has 1 aromatic rings. The summed E-state index contributed by atoms with van der Waals surface area (Å²) in [6, 6.07) is 4.13. The summed E-state index contributed by atoms with van der Waals surface area (Å²) in [6.07, 6.45) is -3.13. The number of carboxylic acid groups (broad SMARTS) is 1. The van der Waals surface area contributed by atoms with Crippen molar-refractivity contribution in [3.8, 4) is 0 Å². The van der Waals surface area contributed by atoms with Gasteiger partial charge in [-0.05, 0) is 30.5 Å². The van der Waals surface area contributed by atoms with Gasteiger partial charge in [0.05, 0.1) is 18.4 Å². The molecule has 22 heavy (non-hydrogen) atoms. The lowest BCUT2D eigenvalue weighted by Gasteiger charge is -2.23. The first kappa shape index (κ1) is 16.3. The van der Waals surface area contributed by atoms with Gasteiger partial charge in [-0.2, -0.15) is 13.2 Å². The molecule has 0 aliphatic carbocycles. The number of amides is 1. The van der Waals surface area contributed by atoms with Crippen LogP contribution in [0.25, 0.3) is 0 Å². The molecule has 1 fully saturated rings. The number of carboxylic acids is 1. The van der Waals surface area contributed by atoms with E-state index in [2.05, 4.69) is 0 Å². The SMILES string of the molecule is O=C(O)CC1CCCN1C(=O)Cc1ccc(C(F)(F)F)cc1. The van der Waals surface area contributed by atoms with Crippen LogP contribution < -0.4 is 0 Å². The number of nitrogens with zero attached hydrogens (tertiary/aromatic N) is 1. The quantitative estimate of drug-likeness (QED) is 0.929. The molecule has 1 unspecified atom stereocenters. The minimum absolute atomic E-state index is 0.0196. The van der Waals surface area contributed by atoms with Crippen LogP contribution in [0, 0.1) is 0 Å². The van der Waals surface area contributed by atoms with Crippen molar-refractivity contribution in [1.82, 2.24) is 4.90 Å². The summed E-state index contributed by atoms with van der Waals surface area (Å²) >= 11 is 0. The third kappa shape index (κ3) is 3.99. The Bertz CT molecular complexity index is 554. The monoisotopic (exact) mass is 315 g/mol. The van der Waals surface area contributed by atoms with E-state index in [-0.39, 0.29) is 24.8 Å². The number of hydrogen-bond donors (Lipinski definition) is 1. The van der Waals surface area contributed by atoms with E-state index in [0.29, 0.717) is 18.5 Å². The Kier molecular flexibility index (Phi) is 4.73. The van der Waals surface area contributed by atoms with E-state index < -0.39 is 17.7 Å². The van der Waals surface area contributed by atoms with E-state index in [9.17, 15) is 22.8 Å². The third-order valence-electron chi connectivity index (χ3n) is 3.74. The summed E-state index contributed by atoms with van der Waals surface area (Å²) in [6.45, 7) is 0.497. The minimum atomic E-state index is -4.40. The molecule has 4 nitrogen and oxygen atoms in total. The first-order valence-corrected chi connectivity index (χ1v) is 6.95. The molecule has 1 amide bonds. The fraction of sp³-hybridized carbons (Fsp3) is 0.467. The third-order valence-corrected chi connectivity index (χ3v) is 3.74. The van der Waals surface area contributed by atoms with Crippen molar-refractivity contribution >= 4 is 11.9 Å². The maximum atomic E-state index is 12.5. The first-order chi connectivity index (χ1) is 10.3. The van der Waals surface area contributed by atoms with E-state index in [4.69, 9.17) is 5.11 Å². The molecule has 1 aliphatic heterocycles. The van der Waals surface area contributed by atoms with Gasteiger partial charge in [-0.1, -0.05) is 12.1 Å². The molecule has 0 saturated carbocycles. The van der Waals surface area contributed by atoms with E-state index in [0.717, 1.165) is 18.6 Å². The van der Waals surface area contributed by atoms with Crippen LogP contribution in [-0.4, -0.2) is 34.5 Å². The van der Waals surface area contributed by atoms with Gasteiger partial charge < -0.3 is 10.0 Å². The maximum absolute atomic E-state index is 12.5. The van der Waals surface area contributed by atoms with Crippen molar-refractivity contribution in [3.63, 3.8) is 0 Å². The molecular formula is C15H16F3NO3. The van der Waals surface area contributed by atoms with Gasteiger partial charge in [-0.3, -0.25) is 9.59 Å². The molecule has 1 aromatic carbocycles. The van der Waals surface area contributed by atoms with Crippen molar-refractivity contribution in [1.29, 1.82) is 0 Å². The molecule has 1 aliphatic rings. The Balaban J connectivity index is 2.01. The number of carbonyl (C=O) groups is 2. The predicted molar refractivity (Wildman–Crippen MR) is 72.1 cm³/mol. The number of alkyl halides is 3. The highest BCUT2D eigenvalue weighted by Crippen LogP contribution is 2.29. The average molecular weight is 315 g/mol. The van der Waals surface area contributed by atoms with Crippen LogP contribution in [0.5, 0.6) is 0 Å². The van der Waals surface area contributed by atoms with E-state index in [1.165, 1.54) is 17.0 Å². The summed E-state index contributed by atoms with van der Waals surface area (Å²) < 4.78 is 37.4. The summed E-state index contributed by atoms with van der Waals surface area (Å²) in [5.41, 5.74) is -0.271. The number of carbonyl (C=O) groups excluding carboxylic acids is 1. The Morgan fingerprint density at radius 3 is 2.41 bits per heavy atom. The normalized spacial score (nSPS) is 18.5. The van der Waals surface area contributed by atoms with Crippen molar-refractivity contribution < 1.29 is 27.9 Å². The van der Waals surface area contributed by atoms with Crippen molar-refractivity contribution in [2.24, 2.45) is 0 Å². The summed E-state index contributed by atoms with van der Waals surface area (Å²) in [5.74, 6) is -1.21. The molecule has 0 bridgehead atoms. The van der Waals surface area contributed by atoms with E-state index in [1.807, 2.05) is 0 Å². The lowest BCUT2D eigenvalue weighted by Crippen LogP contribution is -2.37. The second-order valence-corrected chi connectivity index (χ2v) is 5.35. The first-order valence-electron chi connectivity index (χ1n) is 6.95. The molecule has 2 rings (SSSR count). The van der Waals surface area contributed by atoms with Crippen LogP contribution >= 0.6 is 0 Å². The van der Waals surface area contributed by atoms with Gasteiger partial charge in [-0.25, -0.2) is 0 Å². The summed E-state index contributed by atoms with van der Waals surface area (Å²) in [4.78, 5) is 24.5. The number of halogens is 3. The van der Waals surface area contributed by atoms with Gasteiger partial charge in [0, 0.05) is 12.6 Å². The zero-order chi connectivity index (χ0) is 16.3. The molecule has 0 spiro atoms. The fourth-order valence-electron chi connectivity index (χ4n) is 2.67. The molecular weight excluding hydrogens is 299 g/mol. The molecule has 7 heteroatoms. The molecule has 1 N–H and O–H groups in total. The number of hydrogen-bond acceptors (Lipinski definition) is 2. The molecule has 0 radical (unpaired) electrons. The predicted octanol–water partition coefficient (Wildman–Crippen LogP) is 2.71. The fourth-order valence-corrected chi connectivity index (χ4v) is 2.67. The largest absolute Gasteiger partial charge is 0.481 e. The van der Waals surface area contributed by atoms with Gasteiger partial charge in [0.2, 0.25) is 5.91 Å². The summed E-state index contributed by atoms with van der Waals surface area (Å²) in [7, 11) is 0. The van der Waals surface area contributed by atoms with E-state index in [1.54, 1.807) is 0 Å². The highest BCUT2D eigenvalue weighted by Gasteiger charge is 2.31. The average Bonchev–Trinajstić information content (AvgIpc) is 2.85. The zero-order valence-electron chi connectivity index (χ0n) is 11.8. The van der Waals surface area contributed by atoms with Crippen molar-refractivity contribution in [2.75, 3.05) is 6.54 Å². The number of rotatable bonds is 4. The standard InChI is InChI=1S/C15H16F3NO3/c16-15(17,18)11-5-3-10(4-6-11)8-13(20)19-7-1-2-12(19)9-14(21)22/h3-6,12H,1-2,7-9H2,(H,21,22). The van der Waals surface area contributed by atoms with E-state index >= 15 is 0 Å². The highest BCUT2D eigenvalue weighted by atomic mass is 19.4. The van der Waals surface area contributed by atoms with Crippen LogP contribution in [0.3, 0.4) is 0 Å². The smallest absolute Gasteiger partial charge is 0.416 e. The zero-order valence-corrected chi connectivity index (χ0v) is 11.8. The second-order valence-electron chi connectivity index (χ2n) is 5.35. The van der Waals surface area contributed by atoms with Gasteiger partial charge >= 0.3 is 12.1 Å². The van der Waals surface area contributed by atoms with Crippen molar-refractivity contribution in [3.05, 3.63) is 35.4 Å². The van der Waals surface area contributed by atoms with Gasteiger partial charge in [0.15, 0.2) is 0 Å². The Morgan fingerprint density at radius 1 is 1.23 bits per heavy atom. The lowest BCUT2D eigenvalue weighted by molar-refractivity contribution is -0.140. The lowest BCUT2D eigenvalue weighted by atomic mass is 10.1. The van der Waals surface area contributed by atoms with Gasteiger partial charge in [-0.15, -0.1) is 0 Å². The van der Waals surface area contributed by atoms with Crippen LogP contribution in [0.15, 0.2) is 24.3 Å². The maximum Gasteiger partial charge on any atom is 0.416 e. The Hall–Kier alpha value is -2.05. The Morgan fingerprint density at radius 2 is 1.86 bits per heavy atom. The summed E-state index contributed by atoms with van der Waals surface area (Å²) in [5, 5.41) is 8.83. The van der Waals surface area contributed by atoms with Crippen molar-refractivity contribution in [2.45, 2.75) is 37.9 Å². The highest BCUT2D eigenvalue weighted by molar-refractivity contribution is 5.80. The van der Waals surface area contributed by atoms with Crippen LogP contribution in [0.4, 0.5) is 13.2 Å². The second kappa shape index (κ2) is 6.37. The molecule has 1 heterocycles. The Labute approximate surface area is 125 Å².